The molecule has 3 rings (SSSR count). The topological polar surface area (TPSA) is 67.8 Å². The predicted molar refractivity (Wildman–Crippen MR) is 89.8 cm³/mol. The summed E-state index contributed by atoms with van der Waals surface area (Å²) in [4.78, 5) is 24.7. The first kappa shape index (κ1) is 15.3. The zero-order valence-corrected chi connectivity index (χ0v) is 13.5. The molecule has 1 amide bonds. The second-order valence-electron chi connectivity index (χ2n) is 5.13. The van der Waals surface area contributed by atoms with Crippen molar-refractivity contribution in [1.29, 1.82) is 0 Å². The number of aromatic nitrogens is 3. The van der Waals surface area contributed by atoms with Gasteiger partial charge in [0.05, 0.1) is 18.2 Å². The van der Waals surface area contributed by atoms with Crippen molar-refractivity contribution in [3.8, 4) is 10.6 Å². The van der Waals surface area contributed by atoms with E-state index in [0.29, 0.717) is 0 Å². The summed E-state index contributed by atoms with van der Waals surface area (Å²) in [6.45, 7) is 1.95. The van der Waals surface area contributed by atoms with Crippen LogP contribution < -0.4 is 5.32 Å². The molecule has 1 N–H and O–H groups in total. The van der Waals surface area contributed by atoms with Crippen LogP contribution in [0.1, 0.15) is 24.2 Å². The number of hydrogen-bond acceptors (Lipinski definition) is 5. The fourth-order valence-electron chi connectivity index (χ4n) is 2.20. The van der Waals surface area contributed by atoms with E-state index in [1.54, 1.807) is 24.8 Å². The molecule has 0 aliphatic carbocycles. The standard InChI is InChI=1S/C17H16N4OS/c1-12(13-4-7-18-8-5-13)20-16(22)9-15-11-23-17(21-15)14-3-2-6-19-10-14/h2-8,10-12H,9H2,1H3,(H,20,22). The highest BCUT2D eigenvalue weighted by Gasteiger charge is 2.12. The zero-order chi connectivity index (χ0) is 16.1. The summed E-state index contributed by atoms with van der Waals surface area (Å²) in [6, 6.07) is 7.57. The Kier molecular flexibility index (Phi) is 4.73. The van der Waals surface area contributed by atoms with E-state index in [0.717, 1.165) is 21.8 Å². The number of carbonyl (C=O) groups excluding carboxylic acids is 1. The van der Waals surface area contributed by atoms with Crippen LogP contribution in [0.25, 0.3) is 10.6 Å². The molecule has 0 spiro atoms. The number of rotatable bonds is 5. The van der Waals surface area contributed by atoms with Crippen LogP contribution in [0.5, 0.6) is 0 Å². The summed E-state index contributed by atoms with van der Waals surface area (Å²) in [6.07, 6.45) is 7.21. The van der Waals surface area contributed by atoms with Gasteiger partial charge in [0.1, 0.15) is 5.01 Å². The second-order valence-corrected chi connectivity index (χ2v) is 5.99. The maximum absolute atomic E-state index is 12.2. The number of nitrogens with one attached hydrogen (secondary N) is 1. The molecule has 3 heterocycles. The van der Waals surface area contributed by atoms with Crippen LogP contribution in [-0.4, -0.2) is 20.9 Å². The summed E-state index contributed by atoms with van der Waals surface area (Å²) in [5.74, 6) is -0.0441. The highest BCUT2D eigenvalue weighted by Crippen LogP contribution is 2.22. The molecule has 0 radical (unpaired) electrons. The molecule has 0 saturated heterocycles. The molecule has 3 aromatic rings. The number of amides is 1. The molecule has 6 heteroatoms. The Morgan fingerprint density at radius 1 is 1.22 bits per heavy atom. The molecule has 0 aliphatic rings. The zero-order valence-electron chi connectivity index (χ0n) is 12.6. The van der Waals surface area contributed by atoms with Crippen LogP contribution in [0.2, 0.25) is 0 Å². The van der Waals surface area contributed by atoms with Gasteiger partial charge >= 0.3 is 0 Å². The van der Waals surface area contributed by atoms with E-state index in [4.69, 9.17) is 0 Å². The van der Waals surface area contributed by atoms with Gasteiger partial charge in [-0.05, 0) is 36.8 Å². The minimum atomic E-state index is -0.0538. The summed E-state index contributed by atoms with van der Waals surface area (Å²) in [5.41, 5.74) is 2.77. The highest BCUT2D eigenvalue weighted by atomic mass is 32.1. The minimum Gasteiger partial charge on any atom is -0.349 e. The van der Waals surface area contributed by atoms with Crippen LogP contribution >= 0.6 is 11.3 Å². The van der Waals surface area contributed by atoms with Crippen molar-refractivity contribution < 1.29 is 4.79 Å². The van der Waals surface area contributed by atoms with E-state index in [1.807, 2.05) is 36.6 Å². The Balaban J connectivity index is 1.61. The first-order chi connectivity index (χ1) is 11.2. The number of carbonyl (C=O) groups is 1. The van der Waals surface area contributed by atoms with Crippen molar-refractivity contribution >= 4 is 17.2 Å². The van der Waals surface area contributed by atoms with Crippen molar-refractivity contribution in [2.75, 3.05) is 0 Å². The Bertz CT molecular complexity index is 774. The number of nitrogens with zero attached hydrogens (tertiary/aromatic N) is 3. The van der Waals surface area contributed by atoms with E-state index in [-0.39, 0.29) is 18.4 Å². The predicted octanol–water partition coefficient (Wildman–Crippen LogP) is 3.02. The molecule has 0 fully saturated rings. The SMILES string of the molecule is CC(NC(=O)Cc1csc(-c2cccnc2)n1)c1ccncc1. The Hall–Kier alpha value is -2.60. The third-order valence-corrected chi connectivity index (χ3v) is 4.33. The maximum atomic E-state index is 12.2. The van der Waals surface area contributed by atoms with Crippen molar-refractivity contribution in [1.82, 2.24) is 20.3 Å². The van der Waals surface area contributed by atoms with Gasteiger partial charge in [-0.3, -0.25) is 14.8 Å². The van der Waals surface area contributed by atoms with Crippen molar-refractivity contribution in [2.45, 2.75) is 19.4 Å². The average Bonchev–Trinajstić information content (AvgIpc) is 3.04. The quantitative estimate of drug-likeness (QED) is 0.783. The maximum Gasteiger partial charge on any atom is 0.226 e. The molecule has 0 aromatic carbocycles. The van der Waals surface area contributed by atoms with E-state index in [2.05, 4.69) is 20.3 Å². The number of pyridine rings is 2. The van der Waals surface area contributed by atoms with Crippen LogP contribution in [-0.2, 0) is 11.2 Å². The molecule has 23 heavy (non-hydrogen) atoms. The first-order valence-electron chi connectivity index (χ1n) is 7.26. The molecule has 5 nitrogen and oxygen atoms in total. The fourth-order valence-corrected chi connectivity index (χ4v) is 3.01. The van der Waals surface area contributed by atoms with E-state index < -0.39 is 0 Å². The molecule has 1 unspecified atom stereocenters. The summed E-state index contributed by atoms with van der Waals surface area (Å²) < 4.78 is 0. The summed E-state index contributed by atoms with van der Waals surface area (Å²) in [5, 5.41) is 5.77. The molecule has 1 atom stereocenters. The largest absolute Gasteiger partial charge is 0.349 e. The van der Waals surface area contributed by atoms with Gasteiger partial charge in [0, 0.05) is 35.7 Å². The van der Waals surface area contributed by atoms with E-state index >= 15 is 0 Å². The smallest absolute Gasteiger partial charge is 0.226 e. The lowest BCUT2D eigenvalue weighted by Gasteiger charge is -2.13. The molecular weight excluding hydrogens is 308 g/mol. The molecule has 3 aromatic heterocycles. The third kappa shape index (κ3) is 3.98. The number of thiazole rings is 1. The first-order valence-corrected chi connectivity index (χ1v) is 8.14. The van der Waals surface area contributed by atoms with Crippen LogP contribution in [0.3, 0.4) is 0 Å². The third-order valence-electron chi connectivity index (χ3n) is 3.39. The minimum absolute atomic E-state index is 0.0441. The molecule has 0 bridgehead atoms. The van der Waals surface area contributed by atoms with Gasteiger partial charge in [-0.1, -0.05) is 0 Å². The van der Waals surface area contributed by atoms with E-state index in [1.165, 1.54) is 11.3 Å². The van der Waals surface area contributed by atoms with Gasteiger partial charge in [-0.2, -0.15) is 0 Å². The van der Waals surface area contributed by atoms with Gasteiger partial charge in [0.25, 0.3) is 0 Å². The van der Waals surface area contributed by atoms with Crippen LogP contribution in [0.4, 0.5) is 0 Å². The molecule has 0 aliphatic heterocycles. The highest BCUT2D eigenvalue weighted by molar-refractivity contribution is 7.13. The van der Waals surface area contributed by atoms with Crippen LogP contribution in [0, 0.1) is 0 Å². The van der Waals surface area contributed by atoms with Crippen molar-refractivity contribution in [3.05, 3.63) is 65.7 Å². The van der Waals surface area contributed by atoms with Crippen LogP contribution in [0.15, 0.2) is 54.4 Å². The normalized spacial score (nSPS) is 11.9. The summed E-state index contributed by atoms with van der Waals surface area (Å²) >= 11 is 1.52. The molecule has 0 saturated carbocycles. The Morgan fingerprint density at radius 3 is 2.78 bits per heavy atom. The fraction of sp³-hybridized carbons (Fsp3) is 0.176. The lowest BCUT2D eigenvalue weighted by Crippen LogP contribution is -2.28. The molecular formula is C17H16N4OS. The van der Waals surface area contributed by atoms with E-state index in [9.17, 15) is 4.79 Å². The van der Waals surface area contributed by atoms with Gasteiger partial charge in [-0.15, -0.1) is 11.3 Å². The monoisotopic (exact) mass is 324 g/mol. The Morgan fingerprint density at radius 2 is 2.04 bits per heavy atom. The van der Waals surface area contributed by atoms with Crippen molar-refractivity contribution in [2.24, 2.45) is 0 Å². The average molecular weight is 324 g/mol. The second kappa shape index (κ2) is 7.11. The van der Waals surface area contributed by atoms with Crippen molar-refractivity contribution in [3.63, 3.8) is 0 Å². The lowest BCUT2D eigenvalue weighted by molar-refractivity contribution is -0.121. The van der Waals surface area contributed by atoms with Gasteiger partial charge in [0.15, 0.2) is 0 Å². The lowest BCUT2D eigenvalue weighted by atomic mass is 10.1. The number of hydrogen-bond donors (Lipinski definition) is 1. The Labute approximate surface area is 138 Å². The molecule has 116 valence electrons. The van der Waals surface area contributed by atoms with Gasteiger partial charge in [0.2, 0.25) is 5.91 Å². The van der Waals surface area contributed by atoms with Gasteiger partial charge < -0.3 is 5.32 Å². The van der Waals surface area contributed by atoms with Gasteiger partial charge in [-0.25, -0.2) is 4.98 Å². The summed E-state index contributed by atoms with van der Waals surface area (Å²) in [7, 11) is 0.